The van der Waals surface area contributed by atoms with E-state index in [1.165, 1.54) is 6.42 Å². The molecule has 0 amide bonds. The third-order valence-corrected chi connectivity index (χ3v) is 3.37. The lowest BCUT2D eigenvalue weighted by Crippen LogP contribution is -2.38. The van der Waals surface area contributed by atoms with Gasteiger partial charge in [0.15, 0.2) is 0 Å². The van der Waals surface area contributed by atoms with Crippen LogP contribution in [0.4, 0.5) is 0 Å². The Hall–Kier alpha value is -0.410. The molecule has 1 aliphatic rings. The molecule has 0 unspecified atom stereocenters. The van der Waals surface area contributed by atoms with E-state index in [1.54, 1.807) is 6.20 Å². The molecular formula is C10H12BrNO. The predicted octanol–water partition coefficient (Wildman–Crippen LogP) is 2.26. The van der Waals surface area contributed by atoms with Crippen molar-refractivity contribution in [1.29, 1.82) is 0 Å². The van der Waals surface area contributed by atoms with Gasteiger partial charge in [-0.2, -0.15) is 0 Å². The van der Waals surface area contributed by atoms with E-state index in [-0.39, 0.29) is 12.0 Å². The van der Waals surface area contributed by atoms with Crippen LogP contribution < -0.4 is 0 Å². The van der Waals surface area contributed by atoms with Gasteiger partial charge in [-0.05, 0) is 25.0 Å². The number of aliphatic hydroxyl groups excluding tert-OH is 1. The molecule has 2 nitrogen and oxygen atoms in total. The van der Waals surface area contributed by atoms with Crippen molar-refractivity contribution >= 4 is 15.9 Å². The average molecular weight is 242 g/mol. The Morgan fingerprint density at radius 3 is 2.77 bits per heavy atom. The van der Waals surface area contributed by atoms with Gasteiger partial charge in [0.1, 0.15) is 0 Å². The number of aliphatic hydroxyl groups is 1. The first-order valence-corrected chi connectivity index (χ1v) is 5.29. The van der Waals surface area contributed by atoms with Crippen LogP contribution in [0.2, 0.25) is 0 Å². The first-order chi connectivity index (χ1) is 6.27. The molecule has 0 spiro atoms. The Morgan fingerprint density at radius 1 is 1.54 bits per heavy atom. The Labute approximate surface area is 86.1 Å². The van der Waals surface area contributed by atoms with Crippen LogP contribution in [-0.4, -0.2) is 16.7 Å². The molecule has 0 atom stereocenters. The topological polar surface area (TPSA) is 33.1 Å². The summed E-state index contributed by atoms with van der Waals surface area (Å²) in [6, 6.07) is 3.92. The van der Waals surface area contributed by atoms with Crippen molar-refractivity contribution in [2.75, 3.05) is 6.61 Å². The van der Waals surface area contributed by atoms with Crippen LogP contribution in [0, 0.1) is 0 Å². The minimum atomic E-state index is -0.0379. The monoisotopic (exact) mass is 241 g/mol. The summed E-state index contributed by atoms with van der Waals surface area (Å²) >= 11 is 3.42. The first kappa shape index (κ1) is 9.16. The van der Waals surface area contributed by atoms with Gasteiger partial charge >= 0.3 is 0 Å². The zero-order chi connectivity index (χ0) is 9.31. The number of hydrogen-bond acceptors (Lipinski definition) is 2. The van der Waals surface area contributed by atoms with Gasteiger partial charge in [0.25, 0.3) is 0 Å². The molecule has 3 heteroatoms. The molecule has 0 saturated heterocycles. The molecule has 1 N–H and O–H groups in total. The van der Waals surface area contributed by atoms with Gasteiger partial charge in [-0.1, -0.05) is 22.4 Å². The Bertz CT molecular complexity index is 304. The fraction of sp³-hybridized carbons (Fsp3) is 0.500. The Morgan fingerprint density at radius 2 is 2.31 bits per heavy atom. The highest BCUT2D eigenvalue weighted by Crippen LogP contribution is 2.42. The molecule has 0 aromatic carbocycles. The lowest BCUT2D eigenvalue weighted by molar-refractivity contribution is 0.116. The van der Waals surface area contributed by atoms with Crippen molar-refractivity contribution in [3.05, 3.63) is 28.5 Å². The smallest absolute Gasteiger partial charge is 0.0543 e. The van der Waals surface area contributed by atoms with Crippen molar-refractivity contribution in [3.8, 4) is 0 Å². The standard InChI is InChI=1S/C10H12BrNO/c11-8-2-5-12-9(6-8)10(7-13)3-1-4-10/h2,5-6,13H,1,3-4,7H2. The molecule has 1 aliphatic carbocycles. The van der Waals surface area contributed by atoms with E-state index < -0.39 is 0 Å². The summed E-state index contributed by atoms with van der Waals surface area (Å²) < 4.78 is 1.04. The summed E-state index contributed by atoms with van der Waals surface area (Å²) in [5, 5.41) is 9.33. The summed E-state index contributed by atoms with van der Waals surface area (Å²) in [5.41, 5.74) is 0.986. The molecular weight excluding hydrogens is 230 g/mol. The van der Waals surface area contributed by atoms with Gasteiger partial charge in [-0.3, -0.25) is 4.98 Å². The van der Waals surface area contributed by atoms with Gasteiger partial charge in [0.05, 0.1) is 6.61 Å². The molecule has 1 saturated carbocycles. The lowest BCUT2D eigenvalue weighted by atomic mass is 9.67. The van der Waals surface area contributed by atoms with Crippen LogP contribution in [0.3, 0.4) is 0 Å². The maximum Gasteiger partial charge on any atom is 0.0543 e. The highest BCUT2D eigenvalue weighted by molar-refractivity contribution is 9.10. The fourth-order valence-corrected chi connectivity index (χ4v) is 2.13. The molecule has 0 bridgehead atoms. The number of pyridine rings is 1. The van der Waals surface area contributed by atoms with E-state index in [2.05, 4.69) is 20.9 Å². The number of rotatable bonds is 2. The van der Waals surface area contributed by atoms with Gasteiger partial charge in [0.2, 0.25) is 0 Å². The van der Waals surface area contributed by atoms with E-state index in [4.69, 9.17) is 0 Å². The van der Waals surface area contributed by atoms with E-state index >= 15 is 0 Å². The second-order valence-electron chi connectivity index (χ2n) is 3.65. The van der Waals surface area contributed by atoms with E-state index in [9.17, 15) is 5.11 Å². The maximum absolute atomic E-state index is 9.33. The quantitative estimate of drug-likeness (QED) is 0.862. The normalized spacial score (nSPS) is 19.5. The highest BCUT2D eigenvalue weighted by Gasteiger charge is 2.39. The molecule has 0 aliphatic heterocycles. The molecule has 0 radical (unpaired) electrons. The lowest BCUT2D eigenvalue weighted by Gasteiger charge is -2.39. The van der Waals surface area contributed by atoms with E-state index in [0.717, 1.165) is 23.0 Å². The molecule has 70 valence electrons. The third-order valence-electron chi connectivity index (χ3n) is 2.88. The SMILES string of the molecule is OCC1(c2cc(Br)ccn2)CCC1. The molecule has 1 fully saturated rings. The maximum atomic E-state index is 9.33. The molecule has 2 rings (SSSR count). The minimum Gasteiger partial charge on any atom is -0.395 e. The minimum absolute atomic E-state index is 0.0379. The summed E-state index contributed by atoms with van der Waals surface area (Å²) in [6.45, 7) is 0.219. The van der Waals surface area contributed by atoms with E-state index in [1.807, 2.05) is 12.1 Å². The highest BCUT2D eigenvalue weighted by atomic mass is 79.9. The molecule has 1 heterocycles. The van der Waals surface area contributed by atoms with Crippen molar-refractivity contribution in [2.45, 2.75) is 24.7 Å². The van der Waals surface area contributed by atoms with Gasteiger partial charge in [-0.15, -0.1) is 0 Å². The van der Waals surface area contributed by atoms with Gasteiger partial charge in [-0.25, -0.2) is 0 Å². The average Bonchev–Trinajstić information content (AvgIpc) is 2.03. The summed E-state index contributed by atoms with van der Waals surface area (Å²) in [7, 11) is 0. The Kier molecular flexibility index (Phi) is 2.39. The van der Waals surface area contributed by atoms with Crippen molar-refractivity contribution in [3.63, 3.8) is 0 Å². The van der Waals surface area contributed by atoms with Crippen LogP contribution in [0.25, 0.3) is 0 Å². The van der Waals surface area contributed by atoms with E-state index in [0.29, 0.717) is 0 Å². The van der Waals surface area contributed by atoms with Crippen LogP contribution in [0.5, 0.6) is 0 Å². The second-order valence-corrected chi connectivity index (χ2v) is 4.57. The van der Waals surface area contributed by atoms with Crippen molar-refractivity contribution < 1.29 is 5.11 Å². The molecule has 1 aromatic rings. The van der Waals surface area contributed by atoms with Crippen LogP contribution in [0.1, 0.15) is 25.0 Å². The van der Waals surface area contributed by atoms with Crippen molar-refractivity contribution in [1.82, 2.24) is 4.98 Å². The number of halogens is 1. The van der Waals surface area contributed by atoms with Crippen LogP contribution in [0.15, 0.2) is 22.8 Å². The second kappa shape index (κ2) is 3.39. The summed E-state index contributed by atoms with van der Waals surface area (Å²) in [4.78, 5) is 4.31. The fourth-order valence-electron chi connectivity index (χ4n) is 1.79. The Balaban J connectivity index is 2.33. The number of aromatic nitrogens is 1. The molecule has 13 heavy (non-hydrogen) atoms. The summed E-state index contributed by atoms with van der Waals surface area (Å²) in [5.74, 6) is 0. The van der Waals surface area contributed by atoms with Crippen LogP contribution >= 0.6 is 15.9 Å². The van der Waals surface area contributed by atoms with Gasteiger partial charge < -0.3 is 5.11 Å². The predicted molar refractivity (Wildman–Crippen MR) is 54.6 cm³/mol. The summed E-state index contributed by atoms with van der Waals surface area (Å²) in [6.07, 6.45) is 5.11. The van der Waals surface area contributed by atoms with Gasteiger partial charge in [0, 0.05) is 21.8 Å². The molecule has 1 aromatic heterocycles. The largest absolute Gasteiger partial charge is 0.395 e. The third kappa shape index (κ3) is 1.51. The first-order valence-electron chi connectivity index (χ1n) is 4.50. The number of hydrogen-bond donors (Lipinski definition) is 1. The van der Waals surface area contributed by atoms with Crippen LogP contribution in [-0.2, 0) is 5.41 Å². The zero-order valence-corrected chi connectivity index (χ0v) is 8.92. The van der Waals surface area contributed by atoms with Crippen molar-refractivity contribution in [2.24, 2.45) is 0 Å². The zero-order valence-electron chi connectivity index (χ0n) is 7.33. The number of nitrogens with zero attached hydrogens (tertiary/aromatic N) is 1.